The summed E-state index contributed by atoms with van der Waals surface area (Å²) in [5.74, 6) is 0.868. The van der Waals surface area contributed by atoms with Gasteiger partial charge < -0.3 is 10.1 Å². The summed E-state index contributed by atoms with van der Waals surface area (Å²) >= 11 is 0. The molecular weight excluding hydrogens is 152 g/mol. The highest BCUT2D eigenvalue weighted by molar-refractivity contribution is 5.29. The molecule has 1 N–H and O–H groups in total. The van der Waals surface area contributed by atoms with E-state index in [9.17, 15) is 0 Å². The summed E-state index contributed by atoms with van der Waals surface area (Å²) < 4.78 is 5.15. The van der Waals surface area contributed by atoms with Gasteiger partial charge in [0.1, 0.15) is 5.75 Å². The highest BCUT2D eigenvalue weighted by atomic mass is 16.5. The molecule has 0 radical (unpaired) electrons. The zero-order chi connectivity index (χ0) is 8.81. The summed E-state index contributed by atoms with van der Waals surface area (Å²) in [4.78, 5) is 3.98. The van der Waals surface area contributed by atoms with E-state index in [1.807, 2.05) is 13.1 Å². The van der Waals surface area contributed by atoms with E-state index >= 15 is 0 Å². The van der Waals surface area contributed by atoms with Crippen molar-refractivity contribution in [3.8, 4) is 5.75 Å². The van der Waals surface area contributed by atoms with Gasteiger partial charge in [-0.05, 0) is 31.6 Å². The molecule has 0 amide bonds. The van der Waals surface area contributed by atoms with Gasteiger partial charge in [0.15, 0.2) is 0 Å². The van der Waals surface area contributed by atoms with Gasteiger partial charge in [0, 0.05) is 6.20 Å². The summed E-state index contributed by atoms with van der Waals surface area (Å²) in [7, 11) is 3.60. The third kappa shape index (κ3) is 2.20. The second-order valence-corrected chi connectivity index (χ2v) is 2.54. The predicted molar refractivity (Wildman–Crippen MR) is 48.4 cm³/mol. The lowest BCUT2D eigenvalue weighted by atomic mass is 10.2. The molecule has 0 fully saturated rings. The van der Waals surface area contributed by atoms with Gasteiger partial charge in [-0.25, -0.2) is 0 Å². The van der Waals surface area contributed by atoms with Crippen LogP contribution in [0.1, 0.15) is 5.56 Å². The van der Waals surface area contributed by atoms with Crippen LogP contribution in [0.3, 0.4) is 0 Å². The van der Waals surface area contributed by atoms with Crippen molar-refractivity contribution in [3.05, 3.63) is 24.0 Å². The van der Waals surface area contributed by atoms with Crippen LogP contribution in [0.5, 0.6) is 5.75 Å². The van der Waals surface area contributed by atoms with Crippen molar-refractivity contribution in [3.63, 3.8) is 0 Å². The third-order valence-corrected chi connectivity index (χ3v) is 1.73. The molecule has 0 saturated heterocycles. The lowest BCUT2D eigenvalue weighted by Crippen LogP contribution is -2.10. The average Bonchev–Trinajstić information content (AvgIpc) is 2.15. The molecule has 0 saturated carbocycles. The second-order valence-electron chi connectivity index (χ2n) is 2.54. The Morgan fingerprint density at radius 3 is 3.08 bits per heavy atom. The Labute approximate surface area is 72.8 Å². The molecular formula is C9H14N2O. The number of methoxy groups -OCH3 is 1. The Morgan fingerprint density at radius 1 is 1.58 bits per heavy atom. The topological polar surface area (TPSA) is 34.2 Å². The van der Waals surface area contributed by atoms with Crippen LogP contribution >= 0.6 is 0 Å². The van der Waals surface area contributed by atoms with Gasteiger partial charge in [-0.15, -0.1) is 0 Å². The monoisotopic (exact) mass is 166 g/mol. The van der Waals surface area contributed by atoms with Crippen molar-refractivity contribution in [1.29, 1.82) is 0 Å². The first-order chi connectivity index (χ1) is 5.88. The van der Waals surface area contributed by atoms with Crippen LogP contribution in [-0.2, 0) is 6.42 Å². The maximum Gasteiger partial charge on any atom is 0.140 e. The molecule has 66 valence electrons. The fourth-order valence-corrected chi connectivity index (χ4v) is 1.06. The summed E-state index contributed by atoms with van der Waals surface area (Å²) in [6.07, 6.45) is 4.50. The summed E-state index contributed by atoms with van der Waals surface area (Å²) in [6, 6.07) is 1.98. The van der Waals surface area contributed by atoms with Crippen LogP contribution in [0.4, 0.5) is 0 Å². The Morgan fingerprint density at radius 2 is 2.42 bits per heavy atom. The minimum absolute atomic E-state index is 0.868. The smallest absolute Gasteiger partial charge is 0.140 e. The highest BCUT2D eigenvalue weighted by Gasteiger charge is 1.99. The number of hydrogen-bond donors (Lipinski definition) is 1. The van der Waals surface area contributed by atoms with E-state index in [0.29, 0.717) is 0 Å². The van der Waals surface area contributed by atoms with E-state index in [1.165, 1.54) is 5.56 Å². The minimum Gasteiger partial charge on any atom is -0.495 e. The number of nitrogens with zero attached hydrogens (tertiary/aromatic N) is 1. The molecule has 0 aliphatic heterocycles. The van der Waals surface area contributed by atoms with Crippen LogP contribution < -0.4 is 10.1 Å². The van der Waals surface area contributed by atoms with E-state index in [4.69, 9.17) is 4.74 Å². The molecule has 0 spiro atoms. The van der Waals surface area contributed by atoms with Crippen molar-refractivity contribution in [1.82, 2.24) is 10.3 Å². The van der Waals surface area contributed by atoms with Gasteiger partial charge in [0.05, 0.1) is 13.3 Å². The molecule has 0 aromatic carbocycles. The lowest BCUT2D eigenvalue weighted by molar-refractivity contribution is 0.407. The van der Waals surface area contributed by atoms with Crippen LogP contribution in [0.25, 0.3) is 0 Å². The van der Waals surface area contributed by atoms with Gasteiger partial charge >= 0.3 is 0 Å². The maximum absolute atomic E-state index is 5.15. The van der Waals surface area contributed by atoms with Crippen LogP contribution in [0.15, 0.2) is 18.5 Å². The van der Waals surface area contributed by atoms with Crippen molar-refractivity contribution in [2.45, 2.75) is 6.42 Å². The Hall–Kier alpha value is -1.09. The zero-order valence-electron chi connectivity index (χ0n) is 7.50. The molecule has 0 bridgehead atoms. The molecule has 0 aliphatic rings. The first kappa shape index (κ1) is 9.00. The third-order valence-electron chi connectivity index (χ3n) is 1.73. The summed E-state index contributed by atoms with van der Waals surface area (Å²) in [6.45, 7) is 0.959. The quantitative estimate of drug-likeness (QED) is 0.720. The lowest BCUT2D eigenvalue weighted by Gasteiger charge is -2.06. The van der Waals surface area contributed by atoms with Gasteiger partial charge in [0.2, 0.25) is 0 Å². The molecule has 12 heavy (non-hydrogen) atoms. The summed E-state index contributed by atoms with van der Waals surface area (Å²) in [5, 5.41) is 3.09. The number of likely N-dealkylation sites (N-methyl/N-ethyl adjacent to an activating group) is 1. The van der Waals surface area contributed by atoms with Crippen molar-refractivity contribution in [2.24, 2.45) is 0 Å². The molecule has 1 rings (SSSR count). The molecule has 1 aromatic heterocycles. The minimum atomic E-state index is 0.868. The van der Waals surface area contributed by atoms with Crippen molar-refractivity contribution in [2.75, 3.05) is 20.7 Å². The van der Waals surface area contributed by atoms with Crippen LogP contribution in [-0.4, -0.2) is 25.7 Å². The fourth-order valence-electron chi connectivity index (χ4n) is 1.06. The van der Waals surface area contributed by atoms with Crippen molar-refractivity contribution < 1.29 is 4.74 Å². The number of rotatable bonds is 4. The van der Waals surface area contributed by atoms with Gasteiger partial charge in [-0.2, -0.15) is 0 Å². The first-order valence-electron chi connectivity index (χ1n) is 4.00. The number of aromatic nitrogens is 1. The number of pyridine rings is 1. The SMILES string of the molecule is CNCCc1ccncc1OC. The van der Waals surface area contributed by atoms with E-state index in [1.54, 1.807) is 19.5 Å². The Kier molecular flexibility index (Phi) is 3.54. The average molecular weight is 166 g/mol. The number of nitrogens with one attached hydrogen (secondary N) is 1. The van der Waals surface area contributed by atoms with Crippen LogP contribution in [0, 0.1) is 0 Å². The van der Waals surface area contributed by atoms with Gasteiger partial charge in [0.25, 0.3) is 0 Å². The van der Waals surface area contributed by atoms with Crippen molar-refractivity contribution >= 4 is 0 Å². The molecule has 0 atom stereocenters. The Balaban J connectivity index is 2.68. The predicted octanol–water partition coefficient (Wildman–Crippen LogP) is 0.852. The zero-order valence-corrected chi connectivity index (χ0v) is 7.50. The van der Waals surface area contributed by atoms with Gasteiger partial charge in [-0.1, -0.05) is 0 Å². The fraction of sp³-hybridized carbons (Fsp3) is 0.444. The normalized spacial score (nSPS) is 9.83. The standard InChI is InChI=1S/C9H14N2O/c1-10-5-3-8-4-6-11-7-9(8)12-2/h4,6-7,10H,3,5H2,1-2H3. The van der Waals surface area contributed by atoms with E-state index in [0.717, 1.165) is 18.7 Å². The molecule has 3 nitrogen and oxygen atoms in total. The molecule has 3 heteroatoms. The maximum atomic E-state index is 5.15. The molecule has 1 heterocycles. The number of hydrogen-bond acceptors (Lipinski definition) is 3. The van der Waals surface area contributed by atoms with Crippen LogP contribution in [0.2, 0.25) is 0 Å². The molecule has 1 aromatic rings. The Bertz CT molecular complexity index is 238. The first-order valence-corrected chi connectivity index (χ1v) is 4.00. The molecule has 0 unspecified atom stereocenters. The molecule has 0 aliphatic carbocycles. The highest BCUT2D eigenvalue weighted by Crippen LogP contribution is 2.15. The van der Waals surface area contributed by atoms with E-state index in [2.05, 4.69) is 10.3 Å². The van der Waals surface area contributed by atoms with Gasteiger partial charge in [-0.3, -0.25) is 4.98 Å². The largest absolute Gasteiger partial charge is 0.495 e. The summed E-state index contributed by atoms with van der Waals surface area (Å²) in [5.41, 5.74) is 1.20. The van der Waals surface area contributed by atoms with E-state index in [-0.39, 0.29) is 0 Å². The second kappa shape index (κ2) is 4.72. The van der Waals surface area contributed by atoms with E-state index < -0.39 is 0 Å². The number of ether oxygens (including phenoxy) is 1.